The summed E-state index contributed by atoms with van der Waals surface area (Å²) in [4.78, 5) is 16.3. The fraction of sp³-hybridized carbons (Fsp3) is 0.533. The van der Waals surface area contributed by atoms with E-state index in [1.54, 1.807) is 10.9 Å². The van der Waals surface area contributed by atoms with Gasteiger partial charge < -0.3 is 10.1 Å². The number of anilines is 1. The van der Waals surface area contributed by atoms with Crippen molar-refractivity contribution in [2.24, 2.45) is 7.05 Å². The van der Waals surface area contributed by atoms with Gasteiger partial charge in [0.05, 0.1) is 23.7 Å². The van der Waals surface area contributed by atoms with Crippen molar-refractivity contribution in [3.8, 4) is 0 Å². The summed E-state index contributed by atoms with van der Waals surface area (Å²) in [6, 6.07) is 1.93. The van der Waals surface area contributed by atoms with Gasteiger partial charge in [-0.25, -0.2) is 4.98 Å². The number of nitrogens with one attached hydrogen (secondary N) is 1. The van der Waals surface area contributed by atoms with Crippen molar-refractivity contribution in [1.82, 2.24) is 14.8 Å². The van der Waals surface area contributed by atoms with Gasteiger partial charge >= 0.3 is 0 Å². The summed E-state index contributed by atoms with van der Waals surface area (Å²) in [6.07, 6.45) is 5.36. The summed E-state index contributed by atoms with van der Waals surface area (Å²) in [5.41, 5.74) is 2.45. The molecule has 0 aliphatic carbocycles. The quantitative estimate of drug-likeness (QED) is 0.936. The van der Waals surface area contributed by atoms with Crippen LogP contribution in [0.5, 0.6) is 0 Å². The number of rotatable bonds is 4. The zero-order valence-corrected chi connectivity index (χ0v) is 12.4. The third-order valence-electron chi connectivity index (χ3n) is 3.86. The first-order valence-electron chi connectivity index (χ1n) is 7.34. The first-order valence-corrected chi connectivity index (χ1v) is 7.34. The molecule has 2 aromatic rings. The second-order valence-electron chi connectivity index (χ2n) is 5.53. The fourth-order valence-corrected chi connectivity index (χ4v) is 2.76. The molecule has 1 fully saturated rings. The summed E-state index contributed by atoms with van der Waals surface area (Å²) < 4.78 is 7.27. The molecule has 0 spiro atoms. The summed E-state index contributed by atoms with van der Waals surface area (Å²) in [5.74, 6) is 0.00759. The van der Waals surface area contributed by atoms with Gasteiger partial charge in [-0.2, -0.15) is 5.10 Å². The number of pyridine rings is 1. The normalized spacial score (nSPS) is 18.3. The van der Waals surface area contributed by atoms with Crippen molar-refractivity contribution in [3.05, 3.63) is 18.0 Å². The molecular formula is C15H20N4O2. The third-order valence-corrected chi connectivity index (χ3v) is 3.86. The number of hydrogen-bond acceptors (Lipinski definition) is 4. The van der Waals surface area contributed by atoms with E-state index in [4.69, 9.17) is 4.74 Å². The van der Waals surface area contributed by atoms with E-state index in [0.717, 1.165) is 48.3 Å². The van der Waals surface area contributed by atoms with Crippen LogP contribution in [0.2, 0.25) is 0 Å². The minimum absolute atomic E-state index is 0.00759. The van der Waals surface area contributed by atoms with Gasteiger partial charge in [0, 0.05) is 25.5 Å². The SMILES string of the molecule is Cc1nn(C)c2ncc(NC(=O)CC[C@H]3CCCO3)cc12. The van der Waals surface area contributed by atoms with Crippen molar-refractivity contribution in [2.45, 2.75) is 38.7 Å². The molecule has 0 saturated carbocycles. The minimum atomic E-state index is 0.00759. The molecule has 1 N–H and O–H groups in total. The summed E-state index contributed by atoms with van der Waals surface area (Å²) >= 11 is 0. The Kier molecular flexibility index (Phi) is 3.88. The van der Waals surface area contributed by atoms with E-state index in [1.807, 2.05) is 20.0 Å². The van der Waals surface area contributed by atoms with Gasteiger partial charge in [0.25, 0.3) is 0 Å². The zero-order valence-electron chi connectivity index (χ0n) is 12.4. The van der Waals surface area contributed by atoms with E-state index >= 15 is 0 Å². The molecule has 6 heteroatoms. The maximum Gasteiger partial charge on any atom is 0.224 e. The number of carbonyl (C=O) groups is 1. The average molecular weight is 288 g/mol. The molecule has 1 amide bonds. The molecule has 1 atom stereocenters. The highest BCUT2D eigenvalue weighted by molar-refractivity contribution is 5.93. The van der Waals surface area contributed by atoms with Crippen LogP contribution in [0.15, 0.2) is 12.3 Å². The van der Waals surface area contributed by atoms with Crippen LogP contribution in [0.1, 0.15) is 31.4 Å². The highest BCUT2D eigenvalue weighted by Crippen LogP contribution is 2.20. The minimum Gasteiger partial charge on any atom is -0.378 e. The smallest absolute Gasteiger partial charge is 0.224 e. The highest BCUT2D eigenvalue weighted by atomic mass is 16.5. The van der Waals surface area contributed by atoms with E-state index in [-0.39, 0.29) is 12.0 Å². The Hall–Kier alpha value is -1.95. The lowest BCUT2D eigenvalue weighted by molar-refractivity contribution is -0.116. The predicted molar refractivity (Wildman–Crippen MR) is 80.1 cm³/mol. The Morgan fingerprint density at radius 2 is 2.43 bits per heavy atom. The number of hydrogen-bond donors (Lipinski definition) is 1. The molecule has 112 valence electrons. The molecule has 0 bridgehead atoms. The summed E-state index contributed by atoms with van der Waals surface area (Å²) in [7, 11) is 1.86. The molecule has 1 saturated heterocycles. The molecule has 2 aromatic heterocycles. The first kappa shape index (κ1) is 14.0. The van der Waals surface area contributed by atoms with Gasteiger partial charge in [0.1, 0.15) is 0 Å². The number of fused-ring (bicyclic) bond motifs is 1. The molecule has 0 aromatic carbocycles. The lowest BCUT2D eigenvalue weighted by Crippen LogP contribution is -2.15. The molecule has 1 aliphatic rings. The van der Waals surface area contributed by atoms with Crippen molar-refractivity contribution >= 4 is 22.6 Å². The van der Waals surface area contributed by atoms with Crippen molar-refractivity contribution < 1.29 is 9.53 Å². The van der Waals surface area contributed by atoms with Crippen LogP contribution >= 0.6 is 0 Å². The average Bonchev–Trinajstić information content (AvgIpc) is 3.06. The van der Waals surface area contributed by atoms with Crippen molar-refractivity contribution in [2.75, 3.05) is 11.9 Å². The third kappa shape index (κ3) is 3.05. The second-order valence-corrected chi connectivity index (χ2v) is 5.53. The van der Waals surface area contributed by atoms with Gasteiger partial charge in [0.2, 0.25) is 5.91 Å². The largest absolute Gasteiger partial charge is 0.378 e. The standard InChI is InChI=1S/C15H20N4O2/c1-10-13-8-11(9-16-15(13)19(2)18-10)17-14(20)6-5-12-4-3-7-21-12/h8-9,12H,3-7H2,1-2H3,(H,17,20)/t12-/m1/s1. The molecule has 3 rings (SSSR count). The number of carbonyl (C=O) groups excluding carboxylic acids is 1. The van der Waals surface area contributed by atoms with Gasteiger partial charge in [0.15, 0.2) is 5.65 Å². The maximum atomic E-state index is 12.0. The molecule has 0 unspecified atom stereocenters. The van der Waals surface area contributed by atoms with Crippen molar-refractivity contribution in [1.29, 1.82) is 0 Å². The van der Waals surface area contributed by atoms with E-state index in [0.29, 0.717) is 6.42 Å². The van der Waals surface area contributed by atoms with Crippen LogP contribution in [0, 0.1) is 6.92 Å². The molecule has 21 heavy (non-hydrogen) atoms. The Bertz CT molecular complexity index is 659. The Balaban J connectivity index is 1.63. The second kappa shape index (κ2) is 5.81. The number of aryl methyl sites for hydroxylation is 2. The Labute approximate surface area is 123 Å². The summed E-state index contributed by atoms with van der Waals surface area (Å²) in [6.45, 7) is 2.76. The van der Waals surface area contributed by atoms with Gasteiger partial charge in [-0.1, -0.05) is 0 Å². The number of ether oxygens (including phenoxy) is 1. The van der Waals surface area contributed by atoms with Gasteiger partial charge in [-0.15, -0.1) is 0 Å². The van der Waals surface area contributed by atoms with Crippen LogP contribution in [-0.4, -0.2) is 33.4 Å². The van der Waals surface area contributed by atoms with E-state index in [9.17, 15) is 4.79 Å². The predicted octanol–water partition coefficient (Wildman–Crippen LogP) is 2.17. The summed E-state index contributed by atoms with van der Waals surface area (Å²) in [5, 5.41) is 8.19. The number of amides is 1. The zero-order chi connectivity index (χ0) is 14.8. The first-order chi connectivity index (χ1) is 10.1. The van der Waals surface area contributed by atoms with E-state index in [1.165, 1.54) is 0 Å². The van der Waals surface area contributed by atoms with Crippen LogP contribution in [0.25, 0.3) is 11.0 Å². The van der Waals surface area contributed by atoms with Gasteiger partial charge in [-0.3, -0.25) is 9.48 Å². The van der Waals surface area contributed by atoms with Gasteiger partial charge in [-0.05, 0) is 32.3 Å². The van der Waals surface area contributed by atoms with Crippen LogP contribution in [0.3, 0.4) is 0 Å². The van der Waals surface area contributed by atoms with Crippen molar-refractivity contribution in [3.63, 3.8) is 0 Å². The molecule has 1 aliphatic heterocycles. The van der Waals surface area contributed by atoms with Crippen LogP contribution < -0.4 is 5.32 Å². The maximum absolute atomic E-state index is 12.0. The molecule has 3 heterocycles. The number of nitrogens with zero attached hydrogens (tertiary/aromatic N) is 3. The fourth-order valence-electron chi connectivity index (χ4n) is 2.76. The lowest BCUT2D eigenvalue weighted by Gasteiger charge is -2.09. The number of aromatic nitrogens is 3. The topological polar surface area (TPSA) is 69.0 Å². The Morgan fingerprint density at radius 1 is 1.57 bits per heavy atom. The van der Waals surface area contributed by atoms with E-state index < -0.39 is 0 Å². The van der Waals surface area contributed by atoms with E-state index in [2.05, 4.69) is 15.4 Å². The lowest BCUT2D eigenvalue weighted by atomic mass is 10.1. The Morgan fingerprint density at radius 3 is 3.19 bits per heavy atom. The van der Waals surface area contributed by atoms with Crippen LogP contribution in [0.4, 0.5) is 5.69 Å². The monoisotopic (exact) mass is 288 g/mol. The highest BCUT2D eigenvalue weighted by Gasteiger charge is 2.17. The molecule has 0 radical (unpaired) electrons. The van der Waals surface area contributed by atoms with Crippen LogP contribution in [-0.2, 0) is 16.6 Å². The molecular weight excluding hydrogens is 268 g/mol. The molecule has 6 nitrogen and oxygen atoms in total.